The summed E-state index contributed by atoms with van der Waals surface area (Å²) in [5, 5.41) is 8.73. The number of anilines is 1. The van der Waals surface area contributed by atoms with Crippen LogP contribution in [0.3, 0.4) is 0 Å². The van der Waals surface area contributed by atoms with E-state index in [-0.39, 0.29) is 0 Å². The van der Waals surface area contributed by atoms with Crippen molar-refractivity contribution < 1.29 is 27.5 Å². The summed E-state index contributed by atoms with van der Waals surface area (Å²) in [6.45, 7) is 1.46. The van der Waals surface area contributed by atoms with Crippen LogP contribution in [0.1, 0.15) is 24.2 Å². The Morgan fingerprint density at radius 3 is 2.47 bits per heavy atom. The van der Waals surface area contributed by atoms with Gasteiger partial charge in [-0.05, 0) is 19.9 Å². The maximum atomic E-state index is 13.9. The quantitative estimate of drug-likeness (QED) is 0.861. The Kier molecular flexibility index (Phi) is 4.33. The Labute approximate surface area is 106 Å². The Hall–Kier alpha value is -1.86. The van der Waals surface area contributed by atoms with Crippen LogP contribution in [-0.4, -0.2) is 34.8 Å². The fourth-order valence-electron chi connectivity index (χ4n) is 1.49. The molecule has 1 N–H and O–H groups in total. The number of aromatic nitrogens is 1. The lowest BCUT2D eigenvalue weighted by molar-refractivity contribution is -0.120. The summed E-state index contributed by atoms with van der Waals surface area (Å²) in [5.74, 6) is -3.45. The monoisotopic (exact) mass is 280 g/mol. The zero-order valence-electron chi connectivity index (χ0n) is 10.2. The molecule has 106 valence electrons. The third-order valence-corrected chi connectivity index (χ3v) is 2.35. The molecule has 0 aliphatic rings. The number of rotatable bonds is 4. The number of halogens is 4. The zero-order chi connectivity index (χ0) is 14.8. The Bertz CT molecular complexity index is 474. The number of carboxylic acids is 1. The molecule has 8 heteroatoms. The number of nitrogens with zero attached hydrogens (tertiary/aromatic N) is 2. The van der Waals surface area contributed by atoms with Crippen LogP contribution >= 0.6 is 0 Å². The minimum absolute atomic E-state index is 0.618. The lowest BCUT2D eigenvalue weighted by Crippen LogP contribution is -2.40. The van der Waals surface area contributed by atoms with E-state index in [4.69, 9.17) is 5.11 Å². The largest absolute Gasteiger partial charge is 0.478 e. The molecular formula is C11H12F4N2O2. The highest BCUT2D eigenvalue weighted by Crippen LogP contribution is 2.26. The first kappa shape index (κ1) is 15.2. The van der Waals surface area contributed by atoms with Gasteiger partial charge in [0.25, 0.3) is 0 Å². The van der Waals surface area contributed by atoms with Crippen molar-refractivity contribution in [2.24, 2.45) is 0 Å². The third-order valence-electron chi connectivity index (χ3n) is 2.35. The molecule has 0 atom stereocenters. The highest BCUT2D eigenvalue weighted by atomic mass is 19.4. The summed E-state index contributed by atoms with van der Waals surface area (Å²) in [5.41, 5.74) is -0.710. The van der Waals surface area contributed by atoms with Gasteiger partial charge in [0.15, 0.2) is 11.6 Å². The van der Waals surface area contributed by atoms with Crippen LogP contribution in [0.25, 0.3) is 0 Å². The molecule has 1 rings (SSSR count). The summed E-state index contributed by atoms with van der Waals surface area (Å²) < 4.78 is 51.2. The van der Waals surface area contributed by atoms with Crippen LogP contribution in [0.4, 0.5) is 23.4 Å². The maximum absolute atomic E-state index is 13.9. The molecule has 19 heavy (non-hydrogen) atoms. The van der Waals surface area contributed by atoms with Crippen molar-refractivity contribution in [1.29, 1.82) is 0 Å². The van der Waals surface area contributed by atoms with Gasteiger partial charge in [-0.25, -0.2) is 14.2 Å². The molecule has 0 saturated heterocycles. The number of carbonyl (C=O) groups is 1. The van der Waals surface area contributed by atoms with E-state index in [0.29, 0.717) is 4.90 Å². The van der Waals surface area contributed by atoms with E-state index in [2.05, 4.69) is 4.98 Å². The van der Waals surface area contributed by atoms with Gasteiger partial charge >= 0.3 is 12.1 Å². The van der Waals surface area contributed by atoms with Crippen LogP contribution in [0.2, 0.25) is 0 Å². The third kappa shape index (κ3) is 3.80. The molecule has 0 aliphatic heterocycles. The van der Waals surface area contributed by atoms with Gasteiger partial charge in [-0.1, -0.05) is 0 Å². The summed E-state index contributed by atoms with van der Waals surface area (Å²) in [7, 11) is 0. The van der Waals surface area contributed by atoms with Crippen LogP contribution in [-0.2, 0) is 0 Å². The predicted octanol–water partition coefficient (Wildman–Crippen LogP) is 2.70. The lowest BCUT2D eigenvalue weighted by atomic mass is 10.2. The van der Waals surface area contributed by atoms with Crippen LogP contribution < -0.4 is 4.90 Å². The van der Waals surface area contributed by atoms with E-state index in [1.165, 1.54) is 13.8 Å². The van der Waals surface area contributed by atoms with Gasteiger partial charge in [0.2, 0.25) is 0 Å². The van der Waals surface area contributed by atoms with Crippen molar-refractivity contribution in [3.8, 4) is 0 Å². The van der Waals surface area contributed by atoms with Crippen molar-refractivity contribution in [1.82, 2.24) is 4.98 Å². The van der Waals surface area contributed by atoms with Gasteiger partial charge < -0.3 is 10.0 Å². The molecule has 1 heterocycles. The number of carboxylic acid groups (broad SMARTS) is 1. The van der Waals surface area contributed by atoms with Crippen LogP contribution in [0.15, 0.2) is 12.3 Å². The second-order valence-electron chi connectivity index (χ2n) is 4.14. The molecule has 0 bridgehead atoms. The fraction of sp³-hybridized carbons (Fsp3) is 0.455. The highest BCUT2D eigenvalue weighted by molar-refractivity contribution is 5.88. The number of pyridine rings is 1. The van der Waals surface area contributed by atoms with Crippen molar-refractivity contribution in [3.63, 3.8) is 0 Å². The minimum Gasteiger partial charge on any atom is -0.478 e. The molecule has 0 aliphatic carbocycles. The van der Waals surface area contributed by atoms with Crippen LogP contribution in [0, 0.1) is 5.82 Å². The summed E-state index contributed by atoms with van der Waals surface area (Å²) in [6.07, 6.45) is -3.58. The SMILES string of the molecule is CC(C)N(CC(F)(F)F)c1nccc(C(=O)O)c1F. The fourth-order valence-corrected chi connectivity index (χ4v) is 1.49. The molecule has 0 amide bonds. The van der Waals surface area contributed by atoms with E-state index >= 15 is 0 Å². The smallest absolute Gasteiger partial charge is 0.405 e. The Morgan fingerprint density at radius 2 is 2.05 bits per heavy atom. The number of alkyl halides is 3. The van der Waals surface area contributed by atoms with Crippen molar-refractivity contribution in [3.05, 3.63) is 23.6 Å². The first-order valence-corrected chi connectivity index (χ1v) is 5.34. The number of aromatic carboxylic acids is 1. The van der Waals surface area contributed by atoms with E-state index in [9.17, 15) is 22.4 Å². The van der Waals surface area contributed by atoms with Crippen molar-refractivity contribution >= 4 is 11.8 Å². The first-order valence-electron chi connectivity index (χ1n) is 5.34. The van der Waals surface area contributed by atoms with Gasteiger partial charge in [0.05, 0.1) is 0 Å². The van der Waals surface area contributed by atoms with Gasteiger partial charge in [0, 0.05) is 12.2 Å². The summed E-state index contributed by atoms with van der Waals surface area (Å²) >= 11 is 0. The van der Waals surface area contributed by atoms with E-state index in [0.717, 1.165) is 12.3 Å². The standard InChI is InChI=1S/C11H12F4N2O2/c1-6(2)17(5-11(13,14)15)9-8(12)7(10(18)19)3-4-16-9/h3-4,6H,5H2,1-2H3,(H,18,19). The average Bonchev–Trinajstić information content (AvgIpc) is 2.24. The van der Waals surface area contributed by atoms with E-state index in [1.54, 1.807) is 0 Å². The van der Waals surface area contributed by atoms with E-state index in [1.807, 2.05) is 0 Å². The van der Waals surface area contributed by atoms with Gasteiger partial charge in [0.1, 0.15) is 12.1 Å². The maximum Gasteiger partial charge on any atom is 0.405 e. The molecular weight excluding hydrogens is 268 g/mol. The van der Waals surface area contributed by atoms with E-state index < -0.39 is 41.9 Å². The Morgan fingerprint density at radius 1 is 1.47 bits per heavy atom. The molecule has 0 fully saturated rings. The average molecular weight is 280 g/mol. The summed E-state index contributed by atoms with van der Waals surface area (Å²) in [4.78, 5) is 14.9. The molecule has 0 spiro atoms. The lowest BCUT2D eigenvalue weighted by Gasteiger charge is -2.29. The molecule has 1 aromatic rings. The second kappa shape index (κ2) is 5.41. The number of hydrogen-bond acceptors (Lipinski definition) is 3. The molecule has 0 radical (unpaired) electrons. The molecule has 1 aromatic heterocycles. The summed E-state index contributed by atoms with van der Waals surface area (Å²) in [6, 6.07) is 0.209. The first-order chi connectivity index (χ1) is 8.63. The molecule has 0 unspecified atom stereocenters. The van der Waals surface area contributed by atoms with Gasteiger partial charge in [-0.15, -0.1) is 0 Å². The molecule has 0 aromatic carbocycles. The van der Waals surface area contributed by atoms with Gasteiger partial charge in [-0.3, -0.25) is 0 Å². The predicted molar refractivity (Wildman–Crippen MR) is 59.7 cm³/mol. The Balaban J connectivity index is 3.24. The zero-order valence-corrected chi connectivity index (χ0v) is 10.2. The topological polar surface area (TPSA) is 53.4 Å². The normalized spacial score (nSPS) is 11.7. The highest BCUT2D eigenvalue weighted by Gasteiger charge is 2.34. The second-order valence-corrected chi connectivity index (χ2v) is 4.14. The van der Waals surface area contributed by atoms with Crippen molar-refractivity contribution in [2.75, 3.05) is 11.4 Å². The van der Waals surface area contributed by atoms with Crippen molar-refractivity contribution in [2.45, 2.75) is 26.1 Å². The molecule has 0 saturated carbocycles. The number of hydrogen-bond donors (Lipinski definition) is 1. The minimum atomic E-state index is -4.54. The molecule has 4 nitrogen and oxygen atoms in total. The van der Waals surface area contributed by atoms with Crippen LogP contribution in [0.5, 0.6) is 0 Å². The van der Waals surface area contributed by atoms with Gasteiger partial charge in [-0.2, -0.15) is 13.2 Å².